The van der Waals surface area contributed by atoms with Crippen molar-refractivity contribution in [3.8, 4) is 11.3 Å². The number of aryl methyl sites for hydroxylation is 1. The van der Waals surface area contributed by atoms with Crippen LogP contribution >= 0.6 is 24.8 Å². The lowest BCUT2D eigenvalue weighted by Crippen LogP contribution is -2.44. The van der Waals surface area contributed by atoms with Crippen LogP contribution in [0.3, 0.4) is 0 Å². The Kier molecular flexibility index (Phi) is 9.72. The van der Waals surface area contributed by atoms with Crippen LogP contribution in [0.15, 0.2) is 39.8 Å². The van der Waals surface area contributed by atoms with E-state index in [1.54, 1.807) is 37.5 Å². The van der Waals surface area contributed by atoms with Crippen molar-refractivity contribution in [1.29, 1.82) is 0 Å². The van der Waals surface area contributed by atoms with Crippen LogP contribution in [0.1, 0.15) is 12.3 Å². The summed E-state index contributed by atoms with van der Waals surface area (Å²) in [6, 6.07) is 6.68. The summed E-state index contributed by atoms with van der Waals surface area (Å²) in [5.41, 5.74) is 1.53. The second-order valence-electron chi connectivity index (χ2n) is 6.12. The molecular weight excluding hydrogens is 411 g/mol. The summed E-state index contributed by atoms with van der Waals surface area (Å²) in [7, 11) is -3.48. The number of piperazine rings is 1. The van der Waals surface area contributed by atoms with Crippen molar-refractivity contribution in [1.82, 2.24) is 19.9 Å². The van der Waals surface area contributed by atoms with E-state index < -0.39 is 10.0 Å². The Balaban J connectivity index is 0.00000182. The molecule has 1 aromatic heterocycles. The van der Waals surface area contributed by atoms with Gasteiger partial charge in [0.25, 0.3) is 0 Å². The molecule has 1 aliphatic rings. The van der Waals surface area contributed by atoms with E-state index >= 15 is 0 Å². The minimum absolute atomic E-state index is 0. The molecule has 0 saturated carbocycles. The van der Waals surface area contributed by atoms with E-state index in [1.165, 1.54) is 0 Å². The molecule has 1 saturated heterocycles. The van der Waals surface area contributed by atoms with E-state index in [0.717, 1.165) is 44.7 Å². The number of nitrogens with zero attached hydrogens (tertiary/aromatic N) is 2. The van der Waals surface area contributed by atoms with Crippen molar-refractivity contribution in [2.45, 2.75) is 18.2 Å². The van der Waals surface area contributed by atoms with Gasteiger partial charge < -0.3 is 14.6 Å². The summed E-state index contributed by atoms with van der Waals surface area (Å²) in [5.74, 6) is 0.581. The average Bonchev–Trinajstić information content (AvgIpc) is 3.06. The fourth-order valence-electron chi connectivity index (χ4n) is 2.83. The highest BCUT2D eigenvalue weighted by atomic mass is 35.5. The molecule has 7 nitrogen and oxygen atoms in total. The number of halogens is 2. The highest BCUT2D eigenvalue weighted by Crippen LogP contribution is 2.20. The summed E-state index contributed by atoms with van der Waals surface area (Å²) >= 11 is 0. The molecule has 0 bridgehead atoms. The Labute approximate surface area is 172 Å². The number of nitrogens with one attached hydrogen (secondary N) is 2. The first-order valence-corrected chi connectivity index (χ1v) is 9.98. The maximum atomic E-state index is 12.4. The normalized spacial score (nSPS) is 15.0. The summed E-state index contributed by atoms with van der Waals surface area (Å²) in [4.78, 5) is 6.85. The molecule has 0 spiro atoms. The third-order valence-electron chi connectivity index (χ3n) is 4.23. The van der Waals surface area contributed by atoms with Crippen LogP contribution < -0.4 is 10.0 Å². The van der Waals surface area contributed by atoms with Gasteiger partial charge in [-0.05, 0) is 25.1 Å². The zero-order chi connectivity index (χ0) is 17.7. The van der Waals surface area contributed by atoms with Crippen molar-refractivity contribution in [2.75, 3.05) is 39.3 Å². The molecule has 10 heteroatoms. The zero-order valence-corrected chi connectivity index (χ0v) is 17.6. The maximum absolute atomic E-state index is 12.4. The van der Waals surface area contributed by atoms with E-state index in [2.05, 4.69) is 19.9 Å². The summed E-state index contributed by atoms with van der Waals surface area (Å²) < 4.78 is 32.6. The molecule has 0 aliphatic carbocycles. The third kappa shape index (κ3) is 6.74. The van der Waals surface area contributed by atoms with Crippen molar-refractivity contribution >= 4 is 34.8 Å². The van der Waals surface area contributed by atoms with Gasteiger partial charge in [0, 0.05) is 45.2 Å². The molecule has 1 fully saturated rings. The smallest absolute Gasteiger partial charge is 0.240 e. The molecule has 2 N–H and O–H groups in total. The molecule has 0 atom stereocenters. The molecule has 1 aromatic carbocycles. The standard InChI is InChI=1S/C17H24N4O3S.2ClH/c1-14-20-17(13-24-14)15-3-5-16(6-4-15)25(22,23)19-7-2-10-21-11-8-18-9-12-21;;/h3-6,13,18-19H,2,7-12H2,1H3;2*1H. The lowest BCUT2D eigenvalue weighted by atomic mass is 10.2. The minimum atomic E-state index is -3.48. The number of aromatic nitrogens is 1. The predicted octanol–water partition coefficient (Wildman–Crippen LogP) is 2.07. The van der Waals surface area contributed by atoms with Gasteiger partial charge in [-0.2, -0.15) is 0 Å². The molecule has 0 radical (unpaired) electrons. The Morgan fingerprint density at radius 1 is 1.19 bits per heavy atom. The van der Waals surface area contributed by atoms with E-state index in [9.17, 15) is 8.42 Å². The van der Waals surface area contributed by atoms with Gasteiger partial charge in [0.2, 0.25) is 10.0 Å². The SMILES string of the molecule is Cc1nc(-c2ccc(S(=O)(=O)NCCCN3CCNCC3)cc2)co1.Cl.Cl. The van der Waals surface area contributed by atoms with Gasteiger partial charge in [0.15, 0.2) is 5.89 Å². The number of rotatable bonds is 7. The highest BCUT2D eigenvalue weighted by molar-refractivity contribution is 7.89. The summed E-state index contributed by atoms with van der Waals surface area (Å²) in [5, 5.41) is 3.31. The number of hydrogen-bond donors (Lipinski definition) is 2. The maximum Gasteiger partial charge on any atom is 0.240 e. The predicted molar refractivity (Wildman–Crippen MR) is 110 cm³/mol. The van der Waals surface area contributed by atoms with Crippen LogP contribution in [0.2, 0.25) is 0 Å². The fourth-order valence-corrected chi connectivity index (χ4v) is 3.90. The summed E-state index contributed by atoms with van der Waals surface area (Å²) in [6.45, 7) is 7.18. The first kappa shape index (κ1) is 23.9. The molecular formula is C17H26Cl2N4O3S. The highest BCUT2D eigenvalue weighted by Gasteiger charge is 2.15. The first-order valence-electron chi connectivity index (χ1n) is 8.50. The van der Waals surface area contributed by atoms with Crippen molar-refractivity contribution in [3.63, 3.8) is 0 Å². The topological polar surface area (TPSA) is 87.5 Å². The van der Waals surface area contributed by atoms with Crippen molar-refractivity contribution < 1.29 is 12.8 Å². The van der Waals surface area contributed by atoms with E-state index in [4.69, 9.17) is 4.42 Å². The van der Waals surface area contributed by atoms with Crippen LogP contribution in [0.5, 0.6) is 0 Å². The van der Waals surface area contributed by atoms with Gasteiger partial charge in [0.05, 0.1) is 4.90 Å². The van der Waals surface area contributed by atoms with E-state index in [1.807, 2.05) is 0 Å². The second-order valence-corrected chi connectivity index (χ2v) is 7.89. The lowest BCUT2D eigenvalue weighted by molar-refractivity contribution is 0.239. The molecule has 0 unspecified atom stereocenters. The van der Waals surface area contributed by atoms with Gasteiger partial charge in [-0.3, -0.25) is 0 Å². The van der Waals surface area contributed by atoms with Crippen molar-refractivity contribution in [3.05, 3.63) is 36.4 Å². The molecule has 152 valence electrons. The van der Waals surface area contributed by atoms with E-state index in [-0.39, 0.29) is 29.7 Å². The molecule has 2 aromatic rings. The van der Waals surface area contributed by atoms with Crippen LogP contribution in [0.4, 0.5) is 0 Å². The second kappa shape index (κ2) is 11.0. The number of sulfonamides is 1. The van der Waals surface area contributed by atoms with Crippen LogP contribution in [0, 0.1) is 6.92 Å². The Bertz CT molecular complexity index is 791. The number of oxazole rings is 1. The summed E-state index contributed by atoms with van der Waals surface area (Å²) in [6.07, 6.45) is 2.36. The average molecular weight is 437 g/mol. The largest absolute Gasteiger partial charge is 0.449 e. The molecule has 0 amide bonds. The van der Waals surface area contributed by atoms with Gasteiger partial charge in [0.1, 0.15) is 12.0 Å². The number of benzene rings is 1. The van der Waals surface area contributed by atoms with Gasteiger partial charge >= 0.3 is 0 Å². The Hall–Kier alpha value is -1.16. The zero-order valence-electron chi connectivity index (χ0n) is 15.2. The Morgan fingerprint density at radius 2 is 1.85 bits per heavy atom. The minimum Gasteiger partial charge on any atom is -0.449 e. The molecule has 2 heterocycles. The lowest BCUT2D eigenvalue weighted by Gasteiger charge is -2.27. The Morgan fingerprint density at radius 3 is 2.44 bits per heavy atom. The number of hydrogen-bond acceptors (Lipinski definition) is 6. The quantitative estimate of drug-likeness (QED) is 0.645. The molecule has 3 rings (SSSR count). The van der Waals surface area contributed by atoms with Crippen LogP contribution in [-0.4, -0.2) is 57.6 Å². The van der Waals surface area contributed by atoms with Gasteiger partial charge in [-0.15, -0.1) is 24.8 Å². The van der Waals surface area contributed by atoms with E-state index in [0.29, 0.717) is 18.1 Å². The van der Waals surface area contributed by atoms with Crippen molar-refractivity contribution in [2.24, 2.45) is 0 Å². The van der Waals surface area contributed by atoms with Gasteiger partial charge in [-0.1, -0.05) is 12.1 Å². The van der Waals surface area contributed by atoms with Crippen LogP contribution in [0.25, 0.3) is 11.3 Å². The monoisotopic (exact) mass is 436 g/mol. The first-order chi connectivity index (χ1) is 12.0. The third-order valence-corrected chi connectivity index (χ3v) is 5.71. The van der Waals surface area contributed by atoms with Gasteiger partial charge in [-0.25, -0.2) is 18.1 Å². The molecule has 1 aliphatic heterocycles. The fraction of sp³-hybridized carbons (Fsp3) is 0.471. The molecule has 27 heavy (non-hydrogen) atoms. The van der Waals surface area contributed by atoms with Crippen LogP contribution in [-0.2, 0) is 10.0 Å².